The molecule has 0 spiro atoms. The molecule has 0 bridgehead atoms. The number of amides is 1. The number of hydrogen-bond donors (Lipinski definition) is 1. The van der Waals surface area contributed by atoms with Crippen LogP contribution >= 0.6 is 11.6 Å². The highest BCUT2D eigenvalue weighted by Crippen LogP contribution is 2.19. The van der Waals surface area contributed by atoms with Crippen LogP contribution < -0.4 is 5.56 Å². The quantitative estimate of drug-likeness (QED) is 0.683. The lowest BCUT2D eigenvalue weighted by Gasteiger charge is -2.24. The van der Waals surface area contributed by atoms with E-state index in [0.29, 0.717) is 47.4 Å². The van der Waals surface area contributed by atoms with Crippen LogP contribution in [-0.4, -0.2) is 31.9 Å². The topological polar surface area (TPSA) is 70.5 Å². The summed E-state index contributed by atoms with van der Waals surface area (Å²) in [7, 11) is 0. The fourth-order valence-electron chi connectivity index (χ4n) is 3.40. The fraction of sp³-hybridized carbons (Fsp3) is 0.381. The molecule has 2 aromatic heterocycles. The minimum absolute atomic E-state index is 0.0894. The number of H-pyrrole nitrogens is 1. The molecule has 7 heteroatoms. The Labute approximate surface area is 169 Å². The van der Waals surface area contributed by atoms with Crippen molar-refractivity contribution in [2.24, 2.45) is 5.92 Å². The molecule has 1 aromatic carbocycles. The second kappa shape index (κ2) is 8.19. The number of fused-ring (bicyclic) bond motifs is 1. The van der Waals surface area contributed by atoms with E-state index in [2.05, 4.69) is 23.9 Å². The molecule has 2 heterocycles. The van der Waals surface area contributed by atoms with Crippen LogP contribution in [0.5, 0.6) is 0 Å². The van der Waals surface area contributed by atoms with Crippen molar-refractivity contribution in [3.8, 4) is 0 Å². The van der Waals surface area contributed by atoms with Crippen molar-refractivity contribution in [1.82, 2.24) is 19.5 Å². The van der Waals surface area contributed by atoms with Gasteiger partial charge in [0.15, 0.2) is 5.65 Å². The third-order valence-electron chi connectivity index (χ3n) is 4.57. The molecule has 6 nitrogen and oxygen atoms in total. The molecule has 0 fully saturated rings. The van der Waals surface area contributed by atoms with E-state index in [-0.39, 0.29) is 11.5 Å². The maximum absolute atomic E-state index is 13.1. The van der Waals surface area contributed by atoms with Gasteiger partial charge in [0.05, 0.1) is 12.2 Å². The largest absolute Gasteiger partial charge is 0.333 e. The van der Waals surface area contributed by atoms with Gasteiger partial charge in [-0.1, -0.05) is 38.4 Å². The molecule has 0 atom stereocenters. The Morgan fingerprint density at radius 1 is 1.32 bits per heavy atom. The van der Waals surface area contributed by atoms with Gasteiger partial charge in [0.2, 0.25) is 0 Å². The summed E-state index contributed by atoms with van der Waals surface area (Å²) in [5, 5.41) is 3.68. The molecule has 148 valence electrons. The molecule has 3 aromatic rings. The highest BCUT2D eigenvalue weighted by molar-refractivity contribution is 6.30. The number of nitrogens with one attached hydrogen (secondary N) is 1. The van der Waals surface area contributed by atoms with Gasteiger partial charge in [0, 0.05) is 34.5 Å². The number of nitrogens with zero attached hydrogens (tertiary/aromatic N) is 3. The van der Waals surface area contributed by atoms with Crippen LogP contribution in [0.4, 0.5) is 0 Å². The van der Waals surface area contributed by atoms with Crippen LogP contribution in [0, 0.1) is 12.8 Å². The maximum Gasteiger partial charge on any atom is 0.272 e. The van der Waals surface area contributed by atoms with Gasteiger partial charge in [-0.15, -0.1) is 0 Å². The number of carbonyl (C=O) groups excluding carboxylic acids is 1. The summed E-state index contributed by atoms with van der Waals surface area (Å²) in [4.78, 5) is 31.8. The van der Waals surface area contributed by atoms with E-state index in [9.17, 15) is 9.59 Å². The van der Waals surface area contributed by atoms with Gasteiger partial charge in [-0.3, -0.25) is 14.7 Å². The van der Waals surface area contributed by atoms with Gasteiger partial charge < -0.3 is 4.90 Å². The SMILES string of the molecule is CCc1c(CN(CC(C)C)C(=O)c2cccc(Cl)c2)[nH]n2c(=O)cc(C)nc12. The molecule has 0 unspecified atom stereocenters. The monoisotopic (exact) mass is 400 g/mol. The molecule has 0 radical (unpaired) electrons. The average Bonchev–Trinajstić information content (AvgIpc) is 2.97. The van der Waals surface area contributed by atoms with E-state index < -0.39 is 0 Å². The molecule has 0 aliphatic carbocycles. The van der Waals surface area contributed by atoms with E-state index >= 15 is 0 Å². The molecule has 3 rings (SSSR count). The van der Waals surface area contributed by atoms with Crippen molar-refractivity contribution in [2.75, 3.05) is 6.54 Å². The number of aryl methyl sites for hydroxylation is 2. The minimum atomic E-state index is -0.153. The summed E-state index contributed by atoms with van der Waals surface area (Å²) in [5.41, 5.74) is 3.48. The van der Waals surface area contributed by atoms with Crippen molar-refractivity contribution in [1.29, 1.82) is 0 Å². The zero-order valence-electron chi connectivity index (χ0n) is 16.6. The molecule has 0 aliphatic heterocycles. The Balaban J connectivity index is 2.03. The Hall–Kier alpha value is -2.60. The van der Waals surface area contributed by atoms with Crippen LogP contribution in [-0.2, 0) is 13.0 Å². The zero-order valence-corrected chi connectivity index (χ0v) is 17.4. The van der Waals surface area contributed by atoms with Crippen molar-refractivity contribution < 1.29 is 4.79 Å². The lowest BCUT2D eigenvalue weighted by atomic mass is 10.1. The predicted molar refractivity (Wildman–Crippen MR) is 111 cm³/mol. The summed E-state index contributed by atoms with van der Waals surface area (Å²) in [6.07, 6.45) is 0.707. The van der Waals surface area contributed by atoms with E-state index in [1.807, 2.05) is 6.92 Å². The second-order valence-corrected chi connectivity index (χ2v) is 7.84. The van der Waals surface area contributed by atoms with Crippen molar-refractivity contribution in [2.45, 2.75) is 40.7 Å². The van der Waals surface area contributed by atoms with Crippen LogP contribution in [0.15, 0.2) is 35.1 Å². The molecule has 0 aliphatic rings. The second-order valence-electron chi connectivity index (χ2n) is 7.41. The number of rotatable bonds is 6. The first kappa shape index (κ1) is 20.1. The summed E-state index contributed by atoms with van der Waals surface area (Å²) in [5.74, 6) is 0.203. The molecule has 0 saturated heterocycles. The van der Waals surface area contributed by atoms with Crippen LogP contribution in [0.3, 0.4) is 0 Å². The van der Waals surface area contributed by atoms with Gasteiger partial charge >= 0.3 is 0 Å². The summed E-state index contributed by atoms with van der Waals surface area (Å²) in [6.45, 7) is 8.92. The van der Waals surface area contributed by atoms with Crippen molar-refractivity contribution >= 4 is 23.2 Å². The Morgan fingerprint density at radius 3 is 2.71 bits per heavy atom. The third kappa shape index (κ3) is 4.12. The first-order valence-corrected chi connectivity index (χ1v) is 9.83. The highest BCUT2D eigenvalue weighted by Gasteiger charge is 2.21. The predicted octanol–water partition coefficient (Wildman–Crippen LogP) is 3.85. The summed E-state index contributed by atoms with van der Waals surface area (Å²) >= 11 is 6.07. The Kier molecular flexibility index (Phi) is 5.89. The zero-order chi connectivity index (χ0) is 20.4. The third-order valence-corrected chi connectivity index (χ3v) is 4.81. The molecule has 1 amide bonds. The van der Waals surface area contributed by atoms with Gasteiger partial charge in [0.25, 0.3) is 11.5 Å². The average molecular weight is 401 g/mol. The van der Waals surface area contributed by atoms with E-state index in [1.54, 1.807) is 36.1 Å². The number of aromatic nitrogens is 3. The van der Waals surface area contributed by atoms with E-state index in [4.69, 9.17) is 11.6 Å². The standard InChI is InChI=1S/C21H25ClN4O2/c1-5-17-18(24-26-19(27)9-14(4)23-20(17)26)12-25(11-13(2)3)21(28)15-7-6-8-16(22)10-15/h6-10,13,24H,5,11-12H2,1-4H3. The van der Waals surface area contributed by atoms with Crippen molar-refractivity contribution in [3.05, 3.63) is 68.2 Å². The number of halogens is 1. The smallest absolute Gasteiger partial charge is 0.272 e. The van der Waals surface area contributed by atoms with Gasteiger partial charge in [-0.05, 0) is 37.5 Å². The lowest BCUT2D eigenvalue weighted by molar-refractivity contribution is 0.0720. The first-order chi connectivity index (χ1) is 13.3. The number of benzene rings is 1. The minimum Gasteiger partial charge on any atom is -0.333 e. The van der Waals surface area contributed by atoms with Crippen LogP contribution in [0.1, 0.15) is 48.1 Å². The lowest BCUT2D eigenvalue weighted by Crippen LogP contribution is -2.34. The molecular formula is C21H25ClN4O2. The molecular weight excluding hydrogens is 376 g/mol. The molecule has 28 heavy (non-hydrogen) atoms. The summed E-state index contributed by atoms with van der Waals surface area (Å²) < 4.78 is 1.46. The van der Waals surface area contributed by atoms with E-state index in [1.165, 1.54) is 10.6 Å². The fourth-order valence-corrected chi connectivity index (χ4v) is 3.59. The summed E-state index contributed by atoms with van der Waals surface area (Å²) in [6, 6.07) is 8.46. The van der Waals surface area contributed by atoms with Crippen LogP contribution in [0.25, 0.3) is 5.65 Å². The first-order valence-electron chi connectivity index (χ1n) is 9.45. The van der Waals surface area contributed by atoms with Gasteiger partial charge in [0.1, 0.15) is 0 Å². The van der Waals surface area contributed by atoms with Crippen molar-refractivity contribution in [3.63, 3.8) is 0 Å². The maximum atomic E-state index is 13.1. The number of carbonyl (C=O) groups is 1. The molecule has 1 N–H and O–H groups in total. The van der Waals surface area contributed by atoms with Gasteiger partial charge in [-0.2, -0.15) is 0 Å². The van der Waals surface area contributed by atoms with Gasteiger partial charge in [-0.25, -0.2) is 9.50 Å². The number of aromatic amines is 1. The van der Waals surface area contributed by atoms with E-state index in [0.717, 1.165) is 11.3 Å². The molecule has 0 saturated carbocycles. The van der Waals surface area contributed by atoms with Crippen LogP contribution in [0.2, 0.25) is 5.02 Å². The normalized spacial score (nSPS) is 11.4. The number of hydrogen-bond acceptors (Lipinski definition) is 3. The Morgan fingerprint density at radius 2 is 2.07 bits per heavy atom. The highest BCUT2D eigenvalue weighted by atomic mass is 35.5. The Bertz CT molecular complexity index is 1070.